The van der Waals surface area contributed by atoms with Gasteiger partial charge in [-0.15, -0.1) is 0 Å². The van der Waals surface area contributed by atoms with Crippen molar-refractivity contribution in [2.75, 3.05) is 14.2 Å². The molecule has 0 bridgehead atoms. The van der Waals surface area contributed by atoms with Gasteiger partial charge in [-0.3, -0.25) is 4.79 Å². The maximum Gasteiger partial charge on any atom is 0.154 e. The number of hydrogen-bond donors (Lipinski definition) is 0. The molecule has 4 heteroatoms. The van der Waals surface area contributed by atoms with Crippen molar-refractivity contribution in [1.82, 2.24) is 0 Å². The molecular formula is C11H15FO3. The summed E-state index contributed by atoms with van der Waals surface area (Å²) in [4.78, 5) is 9.99. The van der Waals surface area contributed by atoms with Gasteiger partial charge in [0.15, 0.2) is 6.29 Å². The summed E-state index contributed by atoms with van der Waals surface area (Å²) in [5.41, 5.74) is 0.370. The zero-order valence-corrected chi connectivity index (χ0v) is 9.07. The third kappa shape index (κ3) is 6.76. The van der Waals surface area contributed by atoms with Crippen LogP contribution in [0.5, 0.6) is 0 Å². The second-order valence-corrected chi connectivity index (χ2v) is 2.71. The van der Waals surface area contributed by atoms with Gasteiger partial charge in [0.25, 0.3) is 0 Å². The minimum atomic E-state index is -0.375. The molecule has 0 saturated carbocycles. The molecule has 3 nitrogen and oxygen atoms in total. The maximum atomic E-state index is 12.2. The average molecular weight is 214 g/mol. The highest BCUT2D eigenvalue weighted by Crippen LogP contribution is 1.99. The Bertz CT molecular complexity index is 285. The van der Waals surface area contributed by atoms with Crippen molar-refractivity contribution in [3.63, 3.8) is 0 Å². The molecule has 0 radical (unpaired) electrons. The summed E-state index contributed by atoms with van der Waals surface area (Å²) in [5, 5.41) is 0. The Kier molecular flexibility index (Phi) is 7.40. The van der Waals surface area contributed by atoms with Crippen molar-refractivity contribution >= 4 is 6.29 Å². The number of benzene rings is 1. The third-order valence-electron chi connectivity index (χ3n) is 1.65. The van der Waals surface area contributed by atoms with Gasteiger partial charge < -0.3 is 9.47 Å². The van der Waals surface area contributed by atoms with Crippen LogP contribution in [0.4, 0.5) is 4.39 Å². The van der Waals surface area contributed by atoms with E-state index in [-0.39, 0.29) is 12.1 Å². The van der Waals surface area contributed by atoms with Crippen molar-refractivity contribution in [2.45, 2.75) is 13.2 Å². The Morgan fingerprint density at radius 3 is 2.20 bits per heavy atom. The number of methoxy groups -OCH3 is 2. The van der Waals surface area contributed by atoms with Crippen molar-refractivity contribution in [2.24, 2.45) is 0 Å². The molecule has 0 aromatic heterocycles. The van der Waals surface area contributed by atoms with Gasteiger partial charge >= 0.3 is 0 Å². The molecular weight excluding hydrogens is 199 g/mol. The number of rotatable bonds is 3. The van der Waals surface area contributed by atoms with Crippen LogP contribution in [0.2, 0.25) is 0 Å². The monoisotopic (exact) mass is 214 g/mol. The van der Waals surface area contributed by atoms with Crippen LogP contribution in [0, 0.1) is 5.82 Å². The van der Waals surface area contributed by atoms with E-state index in [1.807, 2.05) is 6.92 Å². The molecule has 0 heterocycles. The molecule has 0 amide bonds. The first-order valence-electron chi connectivity index (χ1n) is 4.40. The normalized spacial score (nSPS) is 9.40. The Hall–Kier alpha value is -1.26. The first kappa shape index (κ1) is 13.7. The first-order valence-corrected chi connectivity index (χ1v) is 4.40. The summed E-state index contributed by atoms with van der Waals surface area (Å²) in [6.45, 7) is 1.83. The highest BCUT2D eigenvalue weighted by atomic mass is 19.1. The van der Waals surface area contributed by atoms with E-state index < -0.39 is 0 Å². The Balaban J connectivity index is 0.000000288. The van der Waals surface area contributed by atoms with Gasteiger partial charge in [-0.25, -0.2) is 4.39 Å². The molecule has 0 atom stereocenters. The molecule has 0 aliphatic rings. The molecule has 1 aromatic rings. The molecule has 0 spiro atoms. The number of halogens is 1. The minimum Gasteiger partial charge on any atom is -0.356 e. The SMILES string of the molecule is COC(C)OC.O=Cc1cccc(F)c1. The van der Waals surface area contributed by atoms with Crippen molar-refractivity contribution < 1.29 is 18.7 Å². The van der Waals surface area contributed by atoms with Crippen LogP contribution >= 0.6 is 0 Å². The number of carbonyl (C=O) groups excluding carboxylic acids is 1. The van der Waals surface area contributed by atoms with Gasteiger partial charge in [0.2, 0.25) is 0 Å². The molecule has 1 aromatic carbocycles. The molecule has 84 valence electrons. The van der Waals surface area contributed by atoms with Crippen LogP contribution in [-0.4, -0.2) is 26.8 Å². The molecule has 0 N–H and O–H groups in total. The fraction of sp³-hybridized carbons (Fsp3) is 0.364. The smallest absolute Gasteiger partial charge is 0.154 e. The highest BCUT2D eigenvalue weighted by molar-refractivity contribution is 5.74. The second-order valence-electron chi connectivity index (χ2n) is 2.71. The van der Waals surface area contributed by atoms with Crippen LogP contribution in [0.25, 0.3) is 0 Å². The first-order chi connectivity index (χ1) is 7.13. The number of hydrogen-bond acceptors (Lipinski definition) is 3. The summed E-state index contributed by atoms with van der Waals surface area (Å²) >= 11 is 0. The molecule has 15 heavy (non-hydrogen) atoms. The fourth-order valence-electron chi connectivity index (χ4n) is 0.676. The lowest BCUT2D eigenvalue weighted by Crippen LogP contribution is -2.05. The predicted molar refractivity (Wildman–Crippen MR) is 55.3 cm³/mol. The lowest BCUT2D eigenvalue weighted by Gasteiger charge is -2.03. The Morgan fingerprint density at radius 2 is 1.93 bits per heavy atom. The standard InChI is InChI=1S/C7H5FO.C4H10O2/c8-7-3-1-2-6(4-7)5-9;1-4(5-2)6-3/h1-5H;4H,1-3H3. The largest absolute Gasteiger partial charge is 0.356 e. The molecule has 0 aliphatic carbocycles. The summed E-state index contributed by atoms with van der Waals surface area (Å²) < 4.78 is 21.5. The Morgan fingerprint density at radius 1 is 1.33 bits per heavy atom. The minimum absolute atomic E-state index is 0.0648. The van der Waals surface area contributed by atoms with Crippen LogP contribution in [0.15, 0.2) is 24.3 Å². The van der Waals surface area contributed by atoms with Crippen LogP contribution in [0.1, 0.15) is 17.3 Å². The fourth-order valence-corrected chi connectivity index (χ4v) is 0.676. The molecule has 0 unspecified atom stereocenters. The van der Waals surface area contributed by atoms with E-state index in [1.165, 1.54) is 18.2 Å². The van der Waals surface area contributed by atoms with Crippen LogP contribution in [0.3, 0.4) is 0 Å². The summed E-state index contributed by atoms with van der Waals surface area (Å²) in [5.74, 6) is -0.375. The van der Waals surface area contributed by atoms with E-state index in [2.05, 4.69) is 9.47 Å². The zero-order chi connectivity index (χ0) is 11.7. The molecule has 0 fully saturated rings. The summed E-state index contributed by atoms with van der Waals surface area (Å²) in [6, 6.07) is 5.54. The van der Waals surface area contributed by atoms with Gasteiger partial charge in [-0.1, -0.05) is 12.1 Å². The van der Waals surface area contributed by atoms with Gasteiger partial charge in [0.05, 0.1) is 0 Å². The Labute approximate surface area is 88.8 Å². The van der Waals surface area contributed by atoms with Crippen molar-refractivity contribution in [1.29, 1.82) is 0 Å². The summed E-state index contributed by atoms with van der Waals surface area (Å²) in [6.07, 6.45) is 0.549. The molecule has 1 rings (SSSR count). The third-order valence-corrected chi connectivity index (χ3v) is 1.65. The topological polar surface area (TPSA) is 35.5 Å². The van der Waals surface area contributed by atoms with E-state index in [4.69, 9.17) is 0 Å². The van der Waals surface area contributed by atoms with Crippen LogP contribution < -0.4 is 0 Å². The average Bonchev–Trinajstić information content (AvgIpc) is 2.28. The van der Waals surface area contributed by atoms with Crippen LogP contribution in [-0.2, 0) is 9.47 Å². The quantitative estimate of drug-likeness (QED) is 0.572. The van der Waals surface area contributed by atoms with Crippen molar-refractivity contribution in [3.8, 4) is 0 Å². The molecule has 0 aliphatic heterocycles. The van der Waals surface area contributed by atoms with Crippen molar-refractivity contribution in [3.05, 3.63) is 35.6 Å². The van der Waals surface area contributed by atoms with E-state index in [1.54, 1.807) is 20.3 Å². The van der Waals surface area contributed by atoms with Gasteiger partial charge in [0, 0.05) is 19.8 Å². The van der Waals surface area contributed by atoms with E-state index >= 15 is 0 Å². The van der Waals surface area contributed by atoms with E-state index in [0.717, 1.165) is 0 Å². The highest BCUT2D eigenvalue weighted by Gasteiger charge is 1.89. The van der Waals surface area contributed by atoms with E-state index in [9.17, 15) is 9.18 Å². The van der Waals surface area contributed by atoms with Gasteiger partial charge in [-0.05, 0) is 19.1 Å². The summed E-state index contributed by atoms with van der Waals surface area (Å²) in [7, 11) is 3.21. The predicted octanol–water partition coefficient (Wildman–Crippen LogP) is 2.26. The second kappa shape index (κ2) is 8.08. The zero-order valence-electron chi connectivity index (χ0n) is 9.07. The number of ether oxygens (including phenoxy) is 2. The van der Waals surface area contributed by atoms with Gasteiger partial charge in [-0.2, -0.15) is 0 Å². The number of aldehydes is 1. The lowest BCUT2D eigenvalue weighted by molar-refractivity contribution is -0.0877. The molecule has 0 saturated heterocycles. The lowest BCUT2D eigenvalue weighted by atomic mass is 10.2. The van der Waals surface area contributed by atoms with E-state index in [0.29, 0.717) is 11.8 Å². The maximum absolute atomic E-state index is 12.2. The van der Waals surface area contributed by atoms with Gasteiger partial charge in [0.1, 0.15) is 12.1 Å². The number of carbonyl (C=O) groups is 1.